The van der Waals surface area contributed by atoms with Gasteiger partial charge in [-0.05, 0) is 95.2 Å². The Kier molecular flexibility index (Phi) is 7.17. The lowest BCUT2D eigenvalue weighted by molar-refractivity contribution is 0.831. The highest BCUT2D eigenvalue weighted by molar-refractivity contribution is 8.03. The van der Waals surface area contributed by atoms with E-state index in [0.717, 1.165) is 32.1 Å². The van der Waals surface area contributed by atoms with Crippen molar-refractivity contribution < 1.29 is 0 Å². The Morgan fingerprint density at radius 2 is 1.40 bits per heavy atom. The van der Waals surface area contributed by atoms with Crippen LogP contribution in [0.2, 0.25) is 0 Å². The average molecular weight is 698 g/mol. The number of nitrogens with zero attached hydrogens (tertiary/aromatic N) is 1. The van der Waals surface area contributed by atoms with E-state index in [9.17, 15) is 0 Å². The van der Waals surface area contributed by atoms with Crippen molar-refractivity contribution in [2.75, 3.05) is 0 Å². The number of aromatic nitrogens is 1. The third-order valence-electron chi connectivity index (χ3n) is 12.0. The lowest BCUT2D eigenvalue weighted by Crippen LogP contribution is -2.12. The molecule has 1 saturated carbocycles. The zero-order chi connectivity index (χ0) is 34.9. The van der Waals surface area contributed by atoms with Gasteiger partial charge < -0.3 is 4.57 Å². The molecule has 0 bridgehead atoms. The molecule has 0 radical (unpaired) electrons. The van der Waals surface area contributed by atoms with Crippen LogP contribution in [0.25, 0.3) is 50.0 Å². The summed E-state index contributed by atoms with van der Waals surface area (Å²) in [5.74, 6) is 0.490. The third-order valence-corrected chi connectivity index (χ3v) is 13.2. The van der Waals surface area contributed by atoms with Crippen LogP contribution in [0.15, 0.2) is 180 Å². The maximum Gasteiger partial charge on any atom is 0.0628 e. The van der Waals surface area contributed by atoms with Gasteiger partial charge >= 0.3 is 0 Å². The average Bonchev–Trinajstić information content (AvgIpc) is 3.92. The topological polar surface area (TPSA) is 4.93 Å². The van der Waals surface area contributed by atoms with E-state index in [2.05, 4.69) is 174 Å². The smallest absolute Gasteiger partial charge is 0.0628 e. The quantitative estimate of drug-likeness (QED) is 0.174. The molecule has 254 valence electrons. The van der Waals surface area contributed by atoms with Crippen LogP contribution in [0.3, 0.4) is 0 Å². The number of rotatable bonds is 5. The SMILES string of the molecule is C1=CC(c2cccc3c4c(n(-c5cccc(C6=CC7(c8ccccc8)CC7C(c7ccccc7)=C6)c5)c23)C2=CCCC=C2Sc2ccccc2-4)=CCC1. The largest absolute Gasteiger partial charge is 0.308 e. The van der Waals surface area contributed by atoms with Crippen LogP contribution < -0.4 is 0 Å². The van der Waals surface area contributed by atoms with Gasteiger partial charge in [0.1, 0.15) is 0 Å². The van der Waals surface area contributed by atoms with Crippen LogP contribution in [0.4, 0.5) is 0 Å². The summed E-state index contributed by atoms with van der Waals surface area (Å²) in [7, 11) is 0. The summed E-state index contributed by atoms with van der Waals surface area (Å²) in [6, 6.07) is 47.7. The molecule has 2 heterocycles. The fourth-order valence-electron chi connectivity index (χ4n) is 9.48. The van der Waals surface area contributed by atoms with E-state index in [0.29, 0.717) is 5.92 Å². The van der Waals surface area contributed by atoms with Crippen molar-refractivity contribution in [1.29, 1.82) is 0 Å². The van der Waals surface area contributed by atoms with E-state index >= 15 is 0 Å². The van der Waals surface area contributed by atoms with Crippen molar-refractivity contribution in [2.24, 2.45) is 5.92 Å². The maximum absolute atomic E-state index is 2.62. The van der Waals surface area contributed by atoms with Crippen molar-refractivity contribution in [2.45, 2.75) is 42.4 Å². The van der Waals surface area contributed by atoms with Gasteiger partial charge in [-0.3, -0.25) is 0 Å². The lowest BCUT2D eigenvalue weighted by atomic mass is 9.81. The van der Waals surface area contributed by atoms with Gasteiger partial charge in [-0.15, -0.1) is 0 Å². The van der Waals surface area contributed by atoms with E-state index < -0.39 is 0 Å². The lowest BCUT2D eigenvalue weighted by Gasteiger charge is -2.24. The molecular formula is C51H39NS. The first-order valence-electron chi connectivity index (χ1n) is 19.2. The number of hydrogen-bond acceptors (Lipinski definition) is 1. The highest BCUT2D eigenvalue weighted by atomic mass is 32.2. The Bertz CT molecular complexity index is 2660. The first kappa shape index (κ1) is 31.0. The van der Waals surface area contributed by atoms with Crippen molar-refractivity contribution in [3.05, 3.63) is 203 Å². The van der Waals surface area contributed by atoms with Crippen LogP contribution in [0.5, 0.6) is 0 Å². The molecule has 2 unspecified atom stereocenters. The molecule has 2 atom stereocenters. The molecule has 1 aromatic heterocycles. The van der Waals surface area contributed by atoms with Gasteiger partial charge in [0.25, 0.3) is 0 Å². The fraction of sp³-hybridized carbons (Fsp3) is 0.137. The zero-order valence-electron chi connectivity index (χ0n) is 29.6. The minimum absolute atomic E-state index is 0.0181. The minimum atomic E-state index is 0.0181. The molecule has 0 amide bonds. The third kappa shape index (κ3) is 4.92. The summed E-state index contributed by atoms with van der Waals surface area (Å²) in [5.41, 5.74) is 17.3. The van der Waals surface area contributed by atoms with E-state index in [4.69, 9.17) is 0 Å². The summed E-state index contributed by atoms with van der Waals surface area (Å²) in [5, 5.41) is 1.32. The number of para-hydroxylation sites is 1. The predicted octanol–water partition coefficient (Wildman–Crippen LogP) is 13.6. The molecule has 1 fully saturated rings. The second-order valence-electron chi connectivity index (χ2n) is 15.0. The van der Waals surface area contributed by atoms with Crippen LogP contribution in [-0.2, 0) is 5.41 Å². The Morgan fingerprint density at radius 1 is 0.642 bits per heavy atom. The zero-order valence-corrected chi connectivity index (χ0v) is 30.5. The maximum atomic E-state index is 2.62. The molecular weight excluding hydrogens is 659 g/mol. The molecule has 1 aliphatic heterocycles. The predicted molar refractivity (Wildman–Crippen MR) is 225 cm³/mol. The van der Waals surface area contributed by atoms with E-state index in [1.54, 1.807) is 0 Å². The van der Waals surface area contributed by atoms with Crippen molar-refractivity contribution in [1.82, 2.24) is 4.57 Å². The molecule has 0 spiro atoms. The summed E-state index contributed by atoms with van der Waals surface area (Å²) in [4.78, 5) is 2.70. The van der Waals surface area contributed by atoms with Gasteiger partial charge in [-0.25, -0.2) is 0 Å². The standard InChI is InChI=1S/C51H39NS/c1-4-16-34(17-5-1)40-26-15-27-43-48-41-24-10-12-28-46(41)53-47-29-13-11-25-42(47)50(48)52(49(40)43)39-23-14-20-36(30-39)37-31-44(35-18-6-2-7-19-35)45-33-51(45,32-37)38-21-8-3-9-22-38/h2-4,6-10,12,14-32,45H,1,5,11,13,33H2. The number of benzene rings is 5. The molecule has 53 heavy (non-hydrogen) atoms. The summed E-state index contributed by atoms with van der Waals surface area (Å²) < 4.78 is 2.62. The second-order valence-corrected chi connectivity index (χ2v) is 16.1. The molecule has 4 aliphatic carbocycles. The Hall–Kier alpha value is -5.57. The molecule has 11 rings (SSSR count). The van der Waals surface area contributed by atoms with E-state index in [1.165, 1.54) is 87.8 Å². The normalized spacial score (nSPS) is 21.1. The van der Waals surface area contributed by atoms with Gasteiger partial charge in [-0.2, -0.15) is 0 Å². The van der Waals surface area contributed by atoms with Crippen LogP contribution in [0, 0.1) is 5.92 Å². The summed E-state index contributed by atoms with van der Waals surface area (Å²) >= 11 is 1.93. The number of hydrogen-bond donors (Lipinski definition) is 0. The highest BCUT2D eigenvalue weighted by Gasteiger charge is 2.57. The monoisotopic (exact) mass is 697 g/mol. The Morgan fingerprint density at radius 3 is 2.26 bits per heavy atom. The molecule has 0 saturated heterocycles. The van der Waals surface area contributed by atoms with Gasteiger partial charge in [-0.1, -0.05) is 163 Å². The summed E-state index contributed by atoms with van der Waals surface area (Å²) in [6.45, 7) is 0. The van der Waals surface area contributed by atoms with E-state index in [1.807, 2.05) is 11.8 Å². The highest BCUT2D eigenvalue weighted by Crippen LogP contribution is 2.64. The van der Waals surface area contributed by atoms with Gasteiger partial charge in [0, 0.05) is 43.0 Å². The minimum Gasteiger partial charge on any atom is -0.308 e. The number of thioether (sulfide) groups is 1. The van der Waals surface area contributed by atoms with Crippen LogP contribution in [-0.4, -0.2) is 4.57 Å². The first-order valence-corrected chi connectivity index (χ1v) is 20.0. The Balaban J connectivity index is 1.18. The number of allylic oxidation sites excluding steroid dienone is 11. The van der Waals surface area contributed by atoms with Crippen molar-refractivity contribution in [3.63, 3.8) is 0 Å². The summed E-state index contributed by atoms with van der Waals surface area (Å²) in [6.07, 6.45) is 22.6. The second kappa shape index (κ2) is 12.3. The van der Waals surface area contributed by atoms with Crippen molar-refractivity contribution in [3.8, 4) is 16.8 Å². The van der Waals surface area contributed by atoms with E-state index in [-0.39, 0.29) is 5.41 Å². The molecule has 2 heteroatoms. The molecule has 0 N–H and O–H groups in total. The fourth-order valence-corrected chi connectivity index (χ4v) is 10.6. The molecule has 5 aliphatic rings. The van der Waals surface area contributed by atoms with Gasteiger partial charge in [0.05, 0.1) is 11.2 Å². The van der Waals surface area contributed by atoms with Crippen LogP contribution in [0.1, 0.15) is 60.1 Å². The van der Waals surface area contributed by atoms with Crippen molar-refractivity contribution >= 4 is 45.0 Å². The van der Waals surface area contributed by atoms with Gasteiger partial charge in [0.15, 0.2) is 0 Å². The molecule has 6 aromatic rings. The van der Waals surface area contributed by atoms with Gasteiger partial charge in [0.2, 0.25) is 0 Å². The van der Waals surface area contributed by atoms with Crippen LogP contribution >= 0.6 is 11.8 Å². The number of fused-ring (bicyclic) bond motifs is 8. The molecule has 1 nitrogen and oxygen atoms in total. The first-order chi connectivity index (χ1) is 26.3. The molecule has 5 aromatic carbocycles. The Labute approximate surface area is 316 Å².